The highest BCUT2D eigenvalue weighted by molar-refractivity contribution is 7.91. The molecular formula is C16H25NO2S. The van der Waals surface area contributed by atoms with E-state index in [0.29, 0.717) is 5.92 Å². The van der Waals surface area contributed by atoms with Crippen LogP contribution >= 0.6 is 0 Å². The molecule has 1 aliphatic rings. The lowest BCUT2D eigenvalue weighted by Gasteiger charge is -2.33. The zero-order valence-electron chi connectivity index (χ0n) is 12.4. The molecule has 0 bridgehead atoms. The molecule has 0 radical (unpaired) electrons. The number of benzene rings is 1. The van der Waals surface area contributed by atoms with Crippen LogP contribution in [0.1, 0.15) is 43.7 Å². The van der Waals surface area contributed by atoms with E-state index in [1.807, 2.05) is 31.2 Å². The van der Waals surface area contributed by atoms with Gasteiger partial charge in [-0.2, -0.15) is 0 Å². The quantitative estimate of drug-likeness (QED) is 0.929. The van der Waals surface area contributed by atoms with Gasteiger partial charge in [-0.15, -0.1) is 0 Å². The van der Waals surface area contributed by atoms with Gasteiger partial charge in [-0.3, -0.25) is 0 Å². The van der Waals surface area contributed by atoms with Crippen LogP contribution in [0, 0.1) is 12.8 Å². The predicted molar refractivity (Wildman–Crippen MR) is 83.2 cm³/mol. The average Bonchev–Trinajstić information content (AvgIpc) is 2.38. The fourth-order valence-electron chi connectivity index (χ4n) is 3.16. The van der Waals surface area contributed by atoms with Crippen molar-refractivity contribution in [3.8, 4) is 0 Å². The third kappa shape index (κ3) is 3.61. The second-order valence-electron chi connectivity index (χ2n) is 6.09. The summed E-state index contributed by atoms with van der Waals surface area (Å²) in [6.07, 6.45) is 3.67. The highest BCUT2D eigenvalue weighted by Crippen LogP contribution is 2.31. The topological polar surface area (TPSA) is 60.2 Å². The maximum atomic E-state index is 12.7. The molecule has 2 rings (SSSR count). The van der Waals surface area contributed by atoms with Crippen LogP contribution < -0.4 is 5.73 Å². The molecule has 3 atom stereocenters. The summed E-state index contributed by atoms with van der Waals surface area (Å²) in [6, 6.07) is 7.53. The van der Waals surface area contributed by atoms with Gasteiger partial charge in [0, 0.05) is 6.04 Å². The van der Waals surface area contributed by atoms with Crippen LogP contribution in [0.2, 0.25) is 0 Å². The van der Waals surface area contributed by atoms with Crippen molar-refractivity contribution in [1.29, 1.82) is 0 Å². The van der Waals surface area contributed by atoms with Gasteiger partial charge >= 0.3 is 0 Å². The molecule has 0 aliphatic heterocycles. The van der Waals surface area contributed by atoms with E-state index in [9.17, 15) is 8.42 Å². The lowest BCUT2D eigenvalue weighted by atomic mass is 9.84. The summed E-state index contributed by atoms with van der Waals surface area (Å²) < 4.78 is 25.3. The third-order valence-electron chi connectivity index (χ3n) is 4.44. The Labute approximate surface area is 122 Å². The molecule has 4 heteroatoms. The summed E-state index contributed by atoms with van der Waals surface area (Å²) in [4.78, 5) is 0. The first-order valence-electron chi connectivity index (χ1n) is 7.45. The molecule has 2 N–H and O–H groups in total. The number of aryl methyl sites for hydroxylation is 1. The SMILES string of the molecule is CCC1CCC(N)C(S(=O)(=O)Cc2cccc(C)c2)C1. The van der Waals surface area contributed by atoms with Gasteiger partial charge in [0.05, 0.1) is 11.0 Å². The van der Waals surface area contributed by atoms with Crippen molar-refractivity contribution in [3.05, 3.63) is 35.4 Å². The Morgan fingerprint density at radius 3 is 2.70 bits per heavy atom. The third-order valence-corrected chi connectivity index (χ3v) is 6.64. The van der Waals surface area contributed by atoms with Crippen LogP contribution in [0.5, 0.6) is 0 Å². The predicted octanol–water partition coefficient (Wildman–Crippen LogP) is 2.82. The minimum absolute atomic E-state index is 0.115. The molecule has 0 amide bonds. The van der Waals surface area contributed by atoms with E-state index in [4.69, 9.17) is 5.73 Å². The Morgan fingerprint density at radius 1 is 1.30 bits per heavy atom. The highest BCUT2D eigenvalue weighted by atomic mass is 32.2. The smallest absolute Gasteiger partial charge is 0.158 e. The first-order chi connectivity index (χ1) is 9.42. The van der Waals surface area contributed by atoms with Gasteiger partial charge < -0.3 is 5.73 Å². The Kier molecular flexibility index (Phi) is 4.86. The molecule has 3 unspecified atom stereocenters. The van der Waals surface area contributed by atoms with E-state index in [1.165, 1.54) is 0 Å². The van der Waals surface area contributed by atoms with Gasteiger partial charge in [0.2, 0.25) is 0 Å². The molecular weight excluding hydrogens is 270 g/mol. The summed E-state index contributed by atoms with van der Waals surface area (Å²) in [5.41, 5.74) is 8.05. The lowest BCUT2D eigenvalue weighted by Crippen LogP contribution is -2.45. The van der Waals surface area contributed by atoms with Gasteiger partial charge in [0.25, 0.3) is 0 Å². The van der Waals surface area contributed by atoms with Gasteiger partial charge in [-0.1, -0.05) is 43.2 Å². The van der Waals surface area contributed by atoms with Crippen molar-refractivity contribution in [2.24, 2.45) is 11.7 Å². The Morgan fingerprint density at radius 2 is 2.05 bits per heavy atom. The van der Waals surface area contributed by atoms with Crippen LogP contribution in [-0.4, -0.2) is 19.7 Å². The second-order valence-corrected chi connectivity index (χ2v) is 8.31. The van der Waals surface area contributed by atoms with E-state index >= 15 is 0 Å². The Balaban J connectivity index is 2.16. The van der Waals surface area contributed by atoms with E-state index < -0.39 is 9.84 Å². The van der Waals surface area contributed by atoms with Gasteiger partial charge in [0.15, 0.2) is 9.84 Å². The Bertz CT molecular complexity index is 553. The molecule has 0 spiro atoms. The number of rotatable bonds is 4. The van der Waals surface area contributed by atoms with E-state index in [-0.39, 0.29) is 17.0 Å². The summed E-state index contributed by atoms with van der Waals surface area (Å²) in [5, 5.41) is -0.373. The molecule has 1 aliphatic carbocycles. The fourth-order valence-corrected chi connectivity index (χ4v) is 5.25. The zero-order valence-corrected chi connectivity index (χ0v) is 13.2. The normalized spacial score (nSPS) is 27.4. The zero-order chi connectivity index (χ0) is 14.8. The maximum Gasteiger partial charge on any atom is 0.158 e. The molecule has 1 saturated carbocycles. The largest absolute Gasteiger partial charge is 0.327 e. The molecule has 1 fully saturated rings. The minimum atomic E-state index is -3.17. The first-order valence-corrected chi connectivity index (χ1v) is 9.16. The van der Waals surface area contributed by atoms with Gasteiger partial charge in [-0.05, 0) is 37.7 Å². The van der Waals surface area contributed by atoms with E-state index in [1.54, 1.807) is 0 Å². The van der Waals surface area contributed by atoms with Gasteiger partial charge in [0.1, 0.15) is 0 Å². The lowest BCUT2D eigenvalue weighted by molar-refractivity contribution is 0.319. The number of sulfone groups is 1. The molecule has 1 aromatic carbocycles. The van der Waals surface area contributed by atoms with Crippen LogP contribution in [0.4, 0.5) is 0 Å². The summed E-state index contributed by atoms with van der Waals surface area (Å²) in [5.74, 6) is 0.621. The Hall–Kier alpha value is -0.870. The van der Waals surface area contributed by atoms with Crippen molar-refractivity contribution < 1.29 is 8.42 Å². The molecule has 0 heterocycles. The standard InChI is InChI=1S/C16H25NO2S/c1-3-13-7-8-15(17)16(10-13)20(18,19)11-14-6-4-5-12(2)9-14/h4-6,9,13,15-16H,3,7-8,10-11,17H2,1-2H3. The van der Waals surface area contributed by atoms with Crippen molar-refractivity contribution in [2.75, 3.05) is 0 Å². The van der Waals surface area contributed by atoms with E-state index in [0.717, 1.165) is 36.8 Å². The monoisotopic (exact) mass is 295 g/mol. The van der Waals surface area contributed by atoms with Crippen molar-refractivity contribution in [2.45, 2.75) is 56.6 Å². The molecule has 1 aromatic rings. The molecule has 3 nitrogen and oxygen atoms in total. The van der Waals surface area contributed by atoms with E-state index in [2.05, 4.69) is 6.92 Å². The minimum Gasteiger partial charge on any atom is -0.327 e. The highest BCUT2D eigenvalue weighted by Gasteiger charge is 2.36. The molecule has 20 heavy (non-hydrogen) atoms. The second kappa shape index (κ2) is 6.27. The average molecular weight is 295 g/mol. The van der Waals surface area contributed by atoms with Crippen LogP contribution in [-0.2, 0) is 15.6 Å². The number of hydrogen-bond acceptors (Lipinski definition) is 3. The number of nitrogens with two attached hydrogens (primary N) is 1. The summed E-state index contributed by atoms with van der Waals surface area (Å²) in [6.45, 7) is 4.11. The molecule has 0 aromatic heterocycles. The molecule has 0 saturated heterocycles. The van der Waals surface area contributed by atoms with Crippen molar-refractivity contribution in [3.63, 3.8) is 0 Å². The first kappa shape index (κ1) is 15.5. The van der Waals surface area contributed by atoms with Crippen LogP contribution in [0.15, 0.2) is 24.3 Å². The van der Waals surface area contributed by atoms with Crippen LogP contribution in [0.25, 0.3) is 0 Å². The number of hydrogen-bond donors (Lipinski definition) is 1. The van der Waals surface area contributed by atoms with Crippen LogP contribution in [0.3, 0.4) is 0 Å². The van der Waals surface area contributed by atoms with Gasteiger partial charge in [-0.25, -0.2) is 8.42 Å². The fraction of sp³-hybridized carbons (Fsp3) is 0.625. The van der Waals surface area contributed by atoms with Crippen molar-refractivity contribution >= 4 is 9.84 Å². The van der Waals surface area contributed by atoms with Crippen molar-refractivity contribution in [1.82, 2.24) is 0 Å². The molecule has 112 valence electrons. The summed E-state index contributed by atoms with van der Waals surface area (Å²) in [7, 11) is -3.17. The maximum absolute atomic E-state index is 12.7. The summed E-state index contributed by atoms with van der Waals surface area (Å²) >= 11 is 0.